The van der Waals surface area contributed by atoms with Gasteiger partial charge in [0.05, 0.1) is 6.10 Å². The Balaban J connectivity index is 2.09. The lowest BCUT2D eigenvalue weighted by atomic mass is 10.1. The molecule has 2 nitrogen and oxygen atoms in total. The molecule has 0 N–H and O–H groups in total. The molecule has 0 aliphatic carbocycles. The third kappa shape index (κ3) is 5.03. The highest BCUT2D eigenvalue weighted by molar-refractivity contribution is 7.78. The molecule has 0 radical (unpaired) electrons. The van der Waals surface area contributed by atoms with Crippen molar-refractivity contribution in [3.8, 4) is 0 Å². The van der Waals surface area contributed by atoms with E-state index in [2.05, 4.69) is 46.0 Å². The molecular weight excluding hydrogens is 403 g/mol. The molecule has 0 saturated heterocycles. The minimum Gasteiger partial charge on any atom is -0.409 e. The van der Waals surface area contributed by atoms with Crippen molar-refractivity contribution in [1.82, 2.24) is 0 Å². The van der Waals surface area contributed by atoms with Crippen molar-refractivity contribution < 1.29 is 8.99 Å². The van der Waals surface area contributed by atoms with Gasteiger partial charge in [0.2, 0.25) is 0 Å². The molecule has 0 aliphatic rings. The van der Waals surface area contributed by atoms with Crippen LogP contribution in [0.4, 0.5) is 0 Å². The fraction of sp³-hybridized carbons (Fsp3) is 0.308. The molecule has 3 aromatic carbocycles. The van der Waals surface area contributed by atoms with Gasteiger partial charge in [-0.3, -0.25) is 0 Å². The van der Waals surface area contributed by atoms with Gasteiger partial charge in [0.1, 0.15) is 7.14 Å². The van der Waals surface area contributed by atoms with Crippen molar-refractivity contribution in [3.05, 3.63) is 96.6 Å². The van der Waals surface area contributed by atoms with Gasteiger partial charge in [-0.1, -0.05) is 112 Å². The fourth-order valence-corrected chi connectivity index (χ4v) is 7.55. The van der Waals surface area contributed by atoms with Crippen LogP contribution in [0, 0.1) is 0 Å². The van der Waals surface area contributed by atoms with Gasteiger partial charge in [-0.2, -0.15) is 0 Å². The first-order valence-corrected chi connectivity index (χ1v) is 15.4. The third-order valence-corrected chi connectivity index (χ3v) is 13.8. The Kier molecular flexibility index (Phi) is 6.87. The molecule has 0 amide bonds. The highest BCUT2D eigenvalue weighted by atomic mass is 31.2. The van der Waals surface area contributed by atoms with Gasteiger partial charge >= 0.3 is 0 Å². The van der Waals surface area contributed by atoms with Gasteiger partial charge in [0, 0.05) is 16.8 Å². The number of benzene rings is 3. The van der Waals surface area contributed by atoms with Gasteiger partial charge in [-0.25, -0.2) is 0 Å². The number of hydrogen-bond acceptors (Lipinski definition) is 2. The van der Waals surface area contributed by atoms with Crippen LogP contribution in [0.3, 0.4) is 0 Å². The average molecular weight is 437 g/mol. The van der Waals surface area contributed by atoms with E-state index in [1.165, 1.54) is 0 Å². The SMILES string of the molecule is CC(C)(C)[Si](C)(C)OC(CP(=O)(c1ccccc1)c1ccccc1)c1ccccc1. The summed E-state index contributed by atoms with van der Waals surface area (Å²) < 4.78 is 21.6. The maximum atomic E-state index is 14.7. The lowest BCUT2D eigenvalue weighted by Crippen LogP contribution is -2.42. The lowest BCUT2D eigenvalue weighted by molar-refractivity contribution is 0.205. The zero-order chi connectivity index (χ0) is 21.8. The molecule has 1 atom stereocenters. The molecule has 4 heteroatoms. The minimum atomic E-state index is -2.89. The summed E-state index contributed by atoms with van der Waals surface area (Å²) in [5.74, 6) is 0. The van der Waals surface area contributed by atoms with Crippen LogP contribution in [0.25, 0.3) is 0 Å². The summed E-state index contributed by atoms with van der Waals surface area (Å²) in [7, 11) is -4.96. The minimum absolute atomic E-state index is 0.0729. The van der Waals surface area contributed by atoms with Crippen LogP contribution >= 0.6 is 7.14 Å². The second-order valence-electron chi connectivity index (χ2n) is 9.37. The summed E-state index contributed by atoms with van der Waals surface area (Å²) in [5, 5.41) is 1.84. The quantitative estimate of drug-likeness (QED) is 0.302. The zero-order valence-corrected chi connectivity index (χ0v) is 20.6. The molecule has 0 heterocycles. The van der Waals surface area contributed by atoms with E-state index < -0.39 is 15.5 Å². The molecule has 3 aromatic rings. The smallest absolute Gasteiger partial charge is 0.192 e. The Morgan fingerprint density at radius 3 is 1.57 bits per heavy atom. The van der Waals surface area contributed by atoms with E-state index in [0.717, 1.165) is 16.2 Å². The van der Waals surface area contributed by atoms with Gasteiger partial charge < -0.3 is 8.99 Å². The summed E-state index contributed by atoms with van der Waals surface area (Å²) in [5.41, 5.74) is 1.09. The molecule has 1 unspecified atom stereocenters. The average Bonchev–Trinajstić information content (AvgIpc) is 2.74. The maximum Gasteiger partial charge on any atom is 0.192 e. The van der Waals surface area contributed by atoms with Gasteiger partial charge in [-0.05, 0) is 23.7 Å². The van der Waals surface area contributed by atoms with Crippen LogP contribution in [0.2, 0.25) is 18.1 Å². The molecule has 0 aromatic heterocycles. The predicted octanol–water partition coefficient (Wildman–Crippen LogP) is 6.76. The van der Waals surface area contributed by atoms with E-state index >= 15 is 0 Å². The van der Waals surface area contributed by atoms with Crippen molar-refractivity contribution in [1.29, 1.82) is 0 Å². The number of hydrogen-bond donors (Lipinski definition) is 0. The molecule has 0 saturated carbocycles. The van der Waals surface area contributed by atoms with Crippen LogP contribution < -0.4 is 10.6 Å². The molecule has 0 spiro atoms. The molecule has 0 fully saturated rings. The lowest BCUT2D eigenvalue weighted by Gasteiger charge is -2.40. The summed E-state index contributed by atoms with van der Waals surface area (Å²) in [6, 6.07) is 30.0. The molecule has 0 aliphatic heterocycles. The fourth-order valence-electron chi connectivity index (χ4n) is 3.34. The topological polar surface area (TPSA) is 26.3 Å². The first kappa shape index (κ1) is 22.7. The third-order valence-electron chi connectivity index (χ3n) is 6.18. The Bertz CT molecular complexity index is 936. The second-order valence-corrected chi connectivity index (χ2v) is 17.0. The normalized spacial score (nSPS) is 13.8. The molecule has 3 rings (SSSR count). The Hall–Kier alpha value is -1.93. The van der Waals surface area contributed by atoms with E-state index in [4.69, 9.17) is 4.43 Å². The predicted molar refractivity (Wildman–Crippen MR) is 132 cm³/mol. The highest BCUT2D eigenvalue weighted by Crippen LogP contribution is 2.49. The summed E-state index contributed by atoms with van der Waals surface area (Å²) in [6.45, 7) is 11.3. The highest BCUT2D eigenvalue weighted by Gasteiger charge is 2.41. The van der Waals surface area contributed by atoms with Gasteiger partial charge in [0.25, 0.3) is 0 Å². The van der Waals surface area contributed by atoms with Crippen LogP contribution in [0.1, 0.15) is 32.4 Å². The van der Waals surface area contributed by atoms with Crippen LogP contribution in [0.15, 0.2) is 91.0 Å². The van der Waals surface area contributed by atoms with Crippen LogP contribution in [-0.4, -0.2) is 14.5 Å². The van der Waals surface area contributed by atoms with E-state index in [1.807, 2.05) is 78.9 Å². The molecule has 0 bridgehead atoms. The molecule has 30 heavy (non-hydrogen) atoms. The monoisotopic (exact) mass is 436 g/mol. The van der Waals surface area contributed by atoms with Crippen molar-refractivity contribution in [2.24, 2.45) is 0 Å². The van der Waals surface area contributed by atoms with Gasteiger partial charge in [-0.15, -0.1) is 0 Å². The molecule has 158 valence electrons. The summed E-state index contributed by atoms with van der Waals surface area (Å²) >= 11 is 0. The van der Waals surface area contributed by atoms with Crippen molar-refractivity contribution >= 4 is 26.1 Å². The van der Waals surface area contributed by atoms with E-state index in [0.29, 0.717) is 6.16 Å². The number of rotatable bonds is 7. The van der Waals surface area contributed by atoms with Crippen molar-refractivity contribution in [2.45, 2.75) is 45.0 Å². The van der Waals surface area contributed by atoms with Crippen LogP contribution in [0.5, 0.6) is 0 Å². The van der Waals surface area contributed by atoms with Crippen molar-refractivity contribution in [3.63, 3.8) is 0 Å². The Labute approximate surface area is 182 Å². The largest absolute Gasteiger partial charge is 0.409 e. The second kappa shape index (κ2) is 9.06. The maximum absolute atomic E-state index is 14.7. The van der Waals surface area contributed by atoms with E-state index in [-0.39, 0.29) is 11.1 Å². The Morgan fingerprint density at radius 2 is 1.17 bits per heavy atom. The first-order valence-electron chi connectivity index (χ1n) is 10.6. The first-order chi connectivity index (χ1) is 14.1. The zero-order valence-electron chi connectivity index (χ0n) is 18.7. The molecular formula is C26H33O2PSi. The van der Waals surface area contributed by atoms with Gasteiger partial charge in [0.15, 0.2) is 8.32 Å². The summed E-state index contributed by atoms with van der Waals surface area (Å²) in [4.78, 5) is 0. The van der Waals surface area contributed by atoms with E-state index in [1.54, 1.807) is 0 Å². The van der Waals surface area contributed by atoms with E-state index in [9.17, 15) is 4.57 Å². The van der Waals surface area contributed by atoms with Crippen molar-refractivity contribution in [2.75, 3.05) is 6.16 Å². The van der Waals surface area contributed by atoms with Crippen LogP contribution in [-0.2, 0) is 8.99 Å². The Morgan fingerprint density at radius 1 is 0.767 bits per heavy atom. The standard InChI is InChI=1S/C26H33O2PSi/c1-26(2,3)30(4,5)28-25(22-15-9-6-10-16-22)21-29(27,23-17-11-7-12-18-23)24-19-13-8-14-20-24/h6-20,25H,21H2,1-5H3. The summed E-state index contributed by atoms with van der Waals surface area (Å²) in [6.07, 6.45) is 0.232.